The summed E-state index contributed by atoms with van der Waals surface area (Å²) in [5, 5.41) is 0. The van der Waals surface area contributed by atoms with E-state index in [1.165, 1.54) is 38.9 Å². The van der Waals surface area contributed by atoms with Crippen LogP contribution in [0.5, 0.6) is 0 Å². The van der Waals surface area contributed by atoms with Crippen LogP contribution >= 0.6 is 0 Å². The average molecular weight is 197 g/mol. The molecule has 1 heteroatoms. The molecule has 84 valence electrons. The summed E-state index contributed by atoms with van der Waals surface area (Å²) >= 11 is 0. The molecule has 1 nitrogen and oxygen atoms in total. The second-order valence-corrected chi connectivity index (χ2v) is 6.82. The second-order valence-electron chi connectivity index (χ2n) is 6.82. The second kappa shape index (κ2) is 4.22. The minimum absolute atomic E-state index is 0.493. The molecule has 0 amide bonds. The van der Waals surface area contributed by atoms with Crippen LogP contribution in [0.4, 0.5) is 0 Å². The van der Waals surface area contributed by atoms with E-state index < -0.39 is 0 Å². The van der Waals surface area contributed by atoms with E-state index in [0.29, 0.717) is 10.8 Å². The van der Waals surface area contributed by atoms with Crippen LogP contribution in [0.25, 0.3) is 0 Å². The van der Waals surface area contributed by atoms with Gasteiger partial charge in [0.15, 0.2) is 0 Å². The van der Waals surface area contributed by atoms with Crippen molar-refractivity contribution in [2.45, 2.75) is 53.9 Å². The van der Waals surface area contributed by atoms with E-state index in [-0.39, 0.29) is 0 Å². The molecule has 0 bridgehead atoms. The van der Waals surface area contributed by atoms with E-state index >= 15 is 0 Å². The van der Waals surface area contributed by atoms with E-state index in [9.17, 15) is 0 Å². The molecule has 1 fully saturated rings. The number of hydrogen-bond donors (Lipinski definition) is 0. The first-order valence-electron chi connectivity index (χ1n) is 6.01. The van der Waals surface area contributed by atoms with Crippen molar-refractivity contribution in [3.8, 4) is 0 Å². The fourth-order valence-corrected chi connectivity index (χ4v) is 1.88. The number of likely N-dealkylation sites (tertiary alicyclic amines) is 1. The maximum Gasteiger partial charge on any atom is -0.00136 e. The Morgan fingerprint density at radius 2 is 1.57 bits per heavy atom. The highest BCUT2D eigenvalue weighted by atomic mass is 15.1. The Morgan fingerprint density at radius 3 is 2.00 bits per heavy atom. The van der Waals surface area contributed by atoms with Gasteiger partial charge in [0.25, 0.3) is 0 Å². The van der Waals surface area contributed by atoms with E-state index in [0.717, 1.165) is 0 Å². The lowest BCUT2D eigenvalue weighted by atomic mass is 9.82. The Morgan fingerprint density at radius 1 is 1.07 bits per heavy atom. The molecule has 1 saturated heterocycles. The predicted molar refractivity (Wildman–Crippen MR) is 63.5 cm³/mol. The summed E-state index contributed by atoms with van der Waals surface area (Å²) < 4.78 is 0. The van der Waals surface area contributed by atoms with Crippen molar-refractivity contribution in [3.05, 3.63) is 0 Å². The van der Waals surface area contributed by atoms with E-state index in [1.807, 2.05) is 0 Å². The number of nitrogens with zero attached hydrogens (tertiary/aromatic N) is 1. The Bertz CT molecular complexity index is 166. The van der Waals surface area contributed by atoms with Gasteiger partial charge in [-0.2, -0.15) is 0 Å². The van der Waals surface area contributed by atoms with Gasteiger partial charge in [0.1, 0.15) is 0 Å². The van der Waals surface area contributed by atoms with Crippen molar-refractivity contribution in [2.24, 2.45) is 10.8 Å². The molecular formula is C13H27N. The molecule has 0 N–H and O–H groups in total. The molecule has 0 spiro atoms. The van der Waals surface area contributed by atoms with Crippen LogP contribution in [0.15, 0.2) is 0 Å². The Kier molecular flexibility index (Phi) is 3.63. The van der Waals surface area contributed by atoms with Crippen LogP contribution in [0.2, 0.25) is 0 Å². The van der Waals surface area contributed by atoms with Gasteiger partial charge in [-0.3, -0.25) is 0 Å². The van der Waals surface area contributed by atoms with Crippen molar-refractivity contribution >= 4 is 0 Å². The topological polar surface area (TPSA) is 3.24 Å². The summed E-state index contributed by atoms with van der Waals surface area (Å²) in [7, 11) is 0. The van der Waals surface area contributed by atoms with Crippen LogP contribution in [-0.2, 0) is 0 Å². The lowest BCUT2D eigenvalue weighted by Gasteiger charge is -2.37. The van der Waals surface area contributed by atoms with Crippen molar-refractivity contribution in [3.63, 3.8) is 0 Å². The van der Waals surface area contributed by atoms with Gasteiger partial charge < -0.3 is 4.90 Å². The van der Waals surface area contributed by atoms with Gasteiger partial charge in [-0.15, -0.1) is 0 Å². The van der Waals surface area contributed by atoms with Gasteiger partial charge in [-0.1, -0.05) is 34.6 Å². The molecule has 1 aliphatic rings. The number of rotatable bonds is 2. The van der Waals surface area contributed by atoms with Gasteiger partial charge in [0, 0.05) is 0 Å². The van der Waals surface area contributed by atoms with Gasteiger partial charge in [0.2, 0.25) is 0 Å². The largest absolute Gasteiger partial charge is 0.303 e. The summed E-state index contributed by atoms with van der Waals surface area (Å²) in [5.41, 5.74) is 1.09. The standard InChI is InChI=1S/C13H27N/c1-12(2,3)6-9-14-10-7-13(4,5)8-11-14/h6-11H2,1-5H3. The zero-order chi connectivity index (χ0) is 10.8. The van der Waals surface area contributed by atoms with Crippen molar-refractivity contribution in [1.29, 1.82) is 0 Å². The fourth-order valence-electron chi connectivity index (χ4n) is 1.88. The monoisotopic (exact) mass is 197 g/mol. The van der Waals surface area contributed by atoms with Gasteiger partial charge in [0.05, 0.1) is 0 Å². The zero-order valence-electron chi connectivity index (χ0n) is 10.7. The summed E-state index contributed by atoms with van der Waals surface area (Å²) in [6.45, 7) is 15.7. The highest BCUT2D eigenvalue weighted by Gasteiger charge is 2.25. The third kappa shape index (κ3) is 4.45. The van der Waals surface area contributed by atoms with Crippen LogP contribution in [-0.4, -0.2) is 24.5 Å². The first-order valence-corrected chi connectivity index (χ1v) is 6.01. The summed E-state index contributed by atoms with van der Waals surface area (Å²) in [4.78, 5) is 2.64. The lowest BCUT2D eigenvalue weighted by molar-refractivity contribution is 0.120. The molecule has 0 atom stereocenters. The number of piperidine rings is 1. The fraction of sp³-hybridized carbons (Fsp3) is 1.00. The van der Waals surface area contributed by atoms with Crippen LogP contribution in [0.3, 0.4) is 0 Å². The molecule has 0 unspecified atom stereocenters. The van der Waals surface area contributed by atoms with Crippen molar-refractivity contribution in [1.82, 2.24) is 4.90 Å². The van der Waals surface area contributed by atoms with Gasteiger partial charge in [-0.05, 0) is 49.7 Å². The first kappa shape index (κ1) is 12.0. The third-order valence-electron chi connectivity index (χ3n) is 3.39. The Hall–Kier alpha value is -0.0400. The zero-order valence-corrected chi connectivity index (χ0v) is 10.7. The van der Waals surface area contributed by atoms with Crippen molar-refractivity contribution in [2.75, 3.05) is 19.6 Å². The first-order chi connectivity index (χ1) is 6.29. The van der Waals surface area contributed by atoms with Gasteiger partial charge in [-0.25, -0.2) is 0 Å². The highest BCUT2D eigenvalue weighted by molar-refractivity contribution is 4.79. The molecule has 0 aromatic rings. The number of hydrogen-bond acceptors (Lipinski definition) is 1. The van der Waals surface area contributed by atoms with E-state index in [4.69, 9.17) is 0 Å². The lowest BCUT2D eigenvalue weighted by Crippen LogP contribution is -2.38. The molecule has 1 heterocycles. The summed E-state index contributed by atoms with van der Waals surface area (Å²) in [6.07, 6.45) is 4.07. The molecular weight excluding hydrogens is 170 g/mol. The maximum atomic E-state index is 2.64. The third-order valence-corrected chi connectivity index (χ3v) is 3.39. The summed E-state index contributed by atoms with van der Waals surface area (Å²) in [6, 6.07) is 0. The Balaban J connectivity index is 2.23. The molecule has 14 heavy (non-hydrogen) atoms. The molecule has 0 aromatic carbocycles. The van der Waals surface area contributed by atoms with Crippen LogP contribution in [0, 0.1) is 10.8 Å². The average Bonchev–Trinajstić information content (AvgIpc) is 2.01. The quantitative estimate of drug-likeness (QED) is 0.654. The minimum atomic E-state index is 0.493. The SMILES string of the molecule is CC(C)(C)CCN1CCC(C)(C)CC1. The van der Waals surface area contributed by atoms with Crippen LogP contribution < -0.4 is 0 Å². The Labute approximate surface area is 89.9 Å². The molecule has 0 radical (unpaired) electrons. The molecule has 0 aliphatic carbocycles. The minimum Gasteiger partial charge on any atom is -0.303 e. The van der Waals surface area contributed by atoms with E-state index in [2.05, 4.69) is 39.5 Å². The molecule has 1 aliphatic heterocycles. The maximum absolute atomic E-state index is 2.64. The predicted octanol–water partition coefficient (Wildman–Crippen LogP) is 3.54. The molecule has 1 rings (SSSR count). The van der Waals surface area contributed by atoms with E-state index in [1.54, 1.807) is 0 Å². The smallest absolute Gasteiger partial charge is 0.00136 e. The van der Waals surface area contributed by atoms with Crippen molar-refractivity contribution < 1.29 is 0 Å². The molecule has 0 aromatic heterocycles. The van der Waals surface area contributed by atoms with Gasteiger partial charge >= 0.3 is 0 Å². The molecule has 0 saturated carbocycles. The van der Waals surface area contributed by atoms with Crippen LogP contribution in [0.1, 0.15) is 53.9 Å². The summed E-state index contributed by atoms with van der Waals surface area (Å²) in [5.74, 6) is 0. The normalized spacial score (nSPS) is 23.8. The highest BCUT2D eigenvalue weighted by Crippen LogP contribution is 2.30.